The third-order valence-corrected chi connectivity index (χ3v) is 9.94. The fourth-order valence-electron chi connectivity index (χ4n) is 7.23. The van der Waals surface area contributed by atoms with Gasteiger partial charge in [-0.3, -0.25) is 9.13 Å². The van der Waals surface area contributed by atoms with Crippen molar-refractivity contribution < 1.29 is 28.5 Å². The maximum absolute atomic E-state index is 15.1. The maximum atomic E-state index is 15.1. The van der Waals surface area contributed by atoms with Crippen molar-refractivity contribution in [2.24, 2.45) is 0 Å². The Labute approximate surface area is 332 Å². The van der Waals surface area contributed by atoms with Gasteiger partial charge in [0.2, 0.25) is 0 Å². The van der Waals surface area contributed by atoms with Gasteiger partial charge in [-0.15, -0.1) is 0 Å². The average molecular weight is 772 g/mol. The van der Waals surface area contributed by atoms with Crippen LogP contribution in [0.15, 0.2) is 120 Å². The Morgan fingerprint density at radius 3 is 1.89 bits per heavy atom. The molecule has 0 bridgehead atoms. The molecule has 57 heavy (non-hydrogen) atoms. The highest BCUT2D eigenvalue weighted by atomic mass is 16.6. The number of ether oxygens (including phenoxy) is 5. The second-order valence-corrected chi connectivity index (χ2v) is 15.1. The molecule has 12 nitrogen and oxygen atoms in total. The number of imidazole rings is 1. The molecule has 1 fully saturated rings. The summed E-state index contributed by atoms with van der Waals surface area (Å²) in [6, 6.07) is 34.3. The van der Waals surface area contributed by atoms with Crippen LogP contribution >= 0.6 is 0 Å². The van der Waals surface area contributed by atoms with E-state index in [-0.39, 0.29) is 18.3 Å². The molecule has 0 N–H and O–H groups in total. The number of carbonyl (C=O) groups is 1. The van der Waals surface area contributed by atoms with Crippen LogP contribution in [0.1, 0.15) is 44.4 Å². The first kappa shape index (κ1) is 39.0. The molecule has 0 saturated carbocycles. The summed E-state index contributed by atoms with van der Waals surface area (Å²) < 4.78 is 32.2. The largest absolute Gasteiger partial charge is 0.497 e. The molecule has 0 spiro atoms. The molecule has 296 valence electrons. The molecular formula is C45H49N5O7. The van der Waals surface area contributed by atoms with E-state index in [1.165, 1.54) is 0 Å². The number of anilines is 1. The molecular weight excluding hydrogens is 723 g/mol. The number of para-hydroxylation sites is 1. The lowest BCUT2D eigenvalue weighted by Gasteiger charge is -2.38. The molecule has 1 saturated heterocycles. The monoisotopic (exact) mass is 771 g/mol. The van der Waals surface area contributed by atoms with Gasteiger partial charge in [-0.2, -0.15) is 0 Å². The van der Waals surface area contributed by atoms with Gasteiger partial charge in [0.1, 0.15) is 34.1 Å². The number of piperidine rings is 1. The molecule has 7 rings (SSSR count). The molecule has 4 aromatic carbocycles. The van der Waals surface area contributed by atoms with Crippen LogP contribution in [-0.2, 0) is 22.6 Å². The fraction of sp³-hybridized carbons (Fsp3) is 0.311. The lowest BCUT2D eigenvalue weighted by atomic mass is 10.0. The molecule has 2 atom stereocenters. The van der Waals surface area contributed by atoms with Crippen LogP contribution in [0.2, 0.25) is 0 Å². The highest BCUT2D eigenvalue weighted by Gasteiger charge is 2.36. The standard InChI is InChI=1S/C45H49N5O7/c1-45(2,3)57-44(52)48-29-34(26-39(30-48)55-6)49-40-24-25-46-42(41(40)50(43(49)51)33-16-22-38(23-17-33)56-37-10-8-7-9-11-37)47(27-31-12-18-35(53-4)19-13-31)28-32-14-20-36(54-5)21-15-32/h7-25,34,39H,26-30H2,1-6H3/t34?,39-/m1/s1. The van der Waals surface area contributed by atoms with E-state index in [0.717, 1.165) is 22.6 Å². The topological polar surface area (TPSA) is 110 Å². The van der Waals surface area contributed by atoms with E-state index in [1.807, 2.05) is 130 Å². The number of fused-ring (bicyclic) bond motifs is 1. The van der Waals surface area contributed by atoms with Gasteiger partial charge in [-0.05, 0) is 105 Å². The first-order chi connectivity index (χ1) is 27.5. The summed E-state index contributed by atoms with van der Waals surface area (Å²) in [5.74, 6) is 3.46. The number of aromatic nitrogens is 3. The van der Waals surface area contributed by atoms with Gasteiger partial charge in [0.05, 0.1) is 44.1 Å². The number of amides is 1. The van der Waals surface area contributed by atoms with Crippen LogP contribution in [0.25, 0.3) is 16.7 Å². The predicted octanol–water partition coefficient (Wildman–Crippen LogP) is 8.40. The summed E-state index contributed by atoms with van der Waals surface area (Å²) in [6.45, 7) is 7.09. The van der Waals surface area contributed by atoms with Crippen molar-refractivity contribution in [1.29, 1.82) is 0 Å². The van der Waals surface area contributed by atoms with Crippen molar-refractivity contribution in [3.63, 3.8) is 0 Å². The number of carbonyl (C=O) groups excluding carboxylic acids is 1. The minimum atomic E-state index is -0.687. The fourth-order valence-corrected chi connectivity index (χ4v) is 7.23. The Balaban J connectivity index is 1.38. The zero-order chi connectivity index (χ0) is 40.1. The van der Waals surface area contributed by atoms with Crippen molar-refractivity contribution in [1.82, 2.24) is 19.0 Å². The smallest absolute Gasteiger partial charge is 0.410 e. The second-order valence-electron chi connectivity index (χ2n) is 15.1. The van der Waals surface area contributed by atoms with Crippen LogP contribution in [-0.4, -0.2) is 71.2 Å². The van der Waals surface area contributed by atoms with Gasteiger partial charge in [-0.25, -0.2) is 14.6 Å². The van der Waals surface area contributed by atoms with Crippen molar-refractivity contribution >= 4 is 22.9 Å². The molecule has 3 heterocycles. The summed E-state index contributed by atoms with van der Waals surface area (Å²) in [5, 5.41) is 0. The summed E-state index contributed by atoms with van der Waals surface area (Å²) in [6.07, 6.45) is 1.48. The predicted molar refractivity (Wildman–Crippen MR) is 220 cm³/mol. The number of methoxy groups -OCH3 is 3. The van der Waals surface area contributed by atoms with Crippen LogP contribution in [0.3, 0.4) is 0 Å². The number of rotatable bonds is 12. The van der Waals surface area contributed by atoms with E-state index in [1.54, 1.807) is 41.6 Å². The second kappa shape index (κ2) is 16.8. The average Bonchev–Trinajstić information content (AvgIpc) is 3.52. The number of likely N-dealkylation sites (tertiary alicyclic amines) is 1. The Kier molecular flexibility index (Phi) is 11.5. The van der Waals surface area contributed by atoms with Gasteiger partial charge in [-0.1, -0.05) is 42.5 Å². The summed E-state index contributed by atoms with van der Waals surface area (Å²) >= 11 is 0. The SMILES string of the molecule is COc1ccc(CN(Cc2ccc(OC)cc2)c2nccc3c2n(-c2ccc(Oc4ccccc4)cc2)c(=O)n3C2C[C@@H](OC)CN(C(=O)OC(C)(C)C)C2)cc1. The number of benzene rings is 4. The first-order valence-corrected chi connectivity index (χ1v) is 19.0. The van der Waals surface area contributed by atoms with Gasteiger partial charge in [0.15, 0.2) is 5.82 Å². The van der Waals surface area contributed by atoms with E-state index in [2.05, 4.69) is 4.90 Å². The molecule has 1 aliphatic rings. The van der Waals surface area contributed by atoms with Crippen molar-refractivity contribution in [3.8, 4) is 28.7 Å². The molecule has 1 unspecified atom stereocenters. The van der Waals surface area contributed by atoms with Crippen molar-refractivity contribution in [2.45, 2.75) is 58.0 Å². The number of nitrogens with zero attached hydrogens (tertiary/aromatic N) is 5. The van der Waals surface area contributed by atoms with E-state index in [4.69, 9.17) is 28.7 Å². The lowest BCUT2D eigenvalue weighted by Crippen LogP contribution is -2.50. The van der Waals surface area contributed by atoms with E-state index in [9.17, 15) is 4.79 Å². The molecule has 6 aromatic rings. The Morgan fingerprint density at radius 2 is 1.33 bits per heavy atom. The number of pyridine rings is 1. The first-order valence-electron chi connectivity index (χ1n) is 19.0. The van der Waals surface area contributed by atoms with E-state index < -0.39 is 17.7 Å². The minimum Gasteiger partial charge on any atom is -0.497 e. The van der Waals surface area contributed by atoms with Crippen LogP contribution in [0, 0.1) is 0 Å². The van der Waals surface area contributed by atoms with Crippen LogP contribution in [0.4, 0.5) is 10.6 Å². The molecule has 1 aliphatic heterocycles. The summed E-state index contributed by atoms with van der Waals surface area (Å²) in [4.78, 5) is 37.4. The Hall–Kier alpha value is -6.27. The molecule has 12 heteroatoms. The molecule has 0 radical (unpaired) electrons. The van der Waals surface area contributed by atoms with Crippen LogP contribution in [0.5, 0.6) is 23.0 Å². The van der Waals surface area contributed by atoms with Gasteiger partial charge < -0.3 is 33.5 Å². The minimum absolute atomic E-state index is 0.261. The lowest BCUT2D eigenvalue weighted by molar-refractivity contribution is -0.0175. The zero-order valence-electron chi connectivity index (χ0n) is 33.3. The molecule has 1 amide bonds. The van der Waals surface area contributed by atoms with Crippen LogP contribution < -0.4 is 24.8 Å². The van der Waals surface area contributed by atoms with Gasteiger partial charge in [0, 0.05) is 32.9 Å². The molecule has 2 aromatic heterocycles. The highest BCUT2D eigenvalue weighted by molar-refractivity contribution is 5.89. The van der Waals surface area contributed by atoms with Gasteiger partial charge in [0.25, 0.3) is 0 Å². The third-order valence-electron chi connectivity index (χ3n) is 9.94. The zero-order valence-corrected chi connectivity index (χ0v) is 33.3. The number of hydrogen-bond acceptors (Lipinski definition) is 9. The quantitative estimate of drug-likeness (QED) is 0.121. The summed E-state index contributed by atoms with van der Waals surface area (Å²) in [5.41, 5.74) is 3.04. The van der Waals surface area contributed by atoms with Crippen molar-refractivity contribution in [3.05, 3.63) is 137 Å². The summed E-state index contributed by atoms with van der Waals surface area (Å²) in [7, 11) is 4.92. The number of hydrogen-bond donors (Lipinski definition) is 0. The molecule has 0 aliphatic carbocycles. The van der Waals surface area contributed by atoms with Crippen molar-refractivity contribution in [2.75, 3.05) is 39.3 Å². The van der Waals surface area contributed by atoms with E-state index >= 15 is 4.79 Å². The van der Waals surface area contributed by atoms with Gasteiger partial charge >= 0.3 is 11.8 Å². The van der Waals surface area contributed by atoms with E-state index in [0.29, 0.717) is 60.1 Å². The third kappa shape index (κ3) is 8.92. The Bertz CT molecular complexity index is 2280. The normalized spacial score (nSPS) is 15.6. The Morgan fingerprint density at radius 1 is 0.754 bits per heavy atom. The highest BCUT2D eigenvalue weighted by Crippen LogP contribution is 2.34. The maximum Gasteiger partial charge on any atom is 0.410 e.